The quantitative estimate of drug-likeness (QED) is 0.676. The monoisotopic (exact) mass is 269 g/mol. The Hall–Kier alpha value is -1.70. The second-order valence-corrected chi connectivity index (χ2v) is 3.39. The Morgan fingerprint density at radius 2 is 1.94 bits per heavy atom. The third-order valence-electron chi connectivity index (χ3n) is 1.91. The van der Waals surface area contributed by atoms with E-state index in [1.54, 1.807) is 0 Å². The van der Waals surface area contributed by atoms with Crippen molar-refractivity contribution in [3.05, 3.63) is 34.9 Å². The van der Waals surface area contributed by atoms with E-state index in [0.717, 1.165) is 12.1 Å². The Labute approximate surface area is 98.5 Å². The third kappa shape index (κ3) is 3.66. The van der Waals surface area contributed by atoms with E-state index in [2.05, 4.69) is 4.84 Å². The number of carbonyl (C=O) groups is 1. The molecule has 0 aliphatic heterocycles. The summed E-state index contributed by atoms with van der Waals surface area (Å²) in [6, 6.07) is 1.93. The van der Waals surface area contributed by atoms with Crippen LogP contribution in [0.1, 0.15) is 15.9 Å². The van der Waals surface area contributed by atoms with Crippen molar-refractivity contribution in [2.45, 2.75) is 13.1 Å². The molecule has 0 saturated carbocycles. The van der Waals surface area contributed by atoms with Crippen LogP contribution in [0.5, 0.6) is 0 Å². The van der Waals surface area contributed by atoms with Crippen LogP contribution in [0.25, 0.3) is 0 Å². The molecule has 100 valence electrons. The van der Waals surface area contributed by atoms with Gasteiger partial charge in [-0.15, -0.1) is 0 Å². The van der Waals surface area contributed by atoms with E-state index in [9.17, 15) is 26.7 Å². The zero-order chi connectivity index (χ0) is 13.9. The Bertz CT molecular complexity index is 458. The number of rotatable bonds is 3. The largest absolute Gasteiger partial charge is 0.414 e. The van der Waals surface area contributed by atoms with Crippen molar-refractivity contribution in [3.8, 4) is 0 Å². The number of alkyl halides is 3. The molecule has 0 unspecified atom stereocenters. The predicted octanol–water partition coefficient (Wildman–Crippen LogP) is 2.50. The lowest BCUT2D eigenvalue weighted by molar-refractivity contribution is -0.184. The summed E-state index contributed by atoms with van der Waals surface area (Å²) in [5.41, 5.74) is 0.320. The summed E-state index contributed by atoms with van der Waals surface area (Å²) in [6.45, 7) is -0.476. The van der Waals surface area contributed by atoms with Crippen LogP contribution in [0.4, 0.5) is 22.0 Å². The topological polar surface area (TPSA) is 38.3 Å². The van der Waals surface area contributed by atoms with Crippen LogP contribution in [-0.4, -0.2) is 18.7 Å². The molecule has 18 heavy (non-hydrogen) atoms. The Balaban J connectivity index is 2.76. The number of hydrogen-bond donors (Lipinski definition) is 1. The molecule has 0 fully saturated rings. The first-order valence-electron chi connectivity index (χ1n) is 4.66. The maximum Gasteiger partial charge on any atom is 0.414 e. The summed E-state index contributed by atoms with van der Waals surface area (Å²) in [4.78, 5) is 15.0. The molecule has 1 aromatic rings. The fraction of sp³-hybridized carbons (Fsp3) is 0.300. The molecule has 8 heteroatoms. The molecule has 0 atom stereocenters. The molecule has 0 aliphatic rings. The molecule has 0 radical (unpaired) electrons. The second-order valence-electron chi connectivity index (χ2n) is 3.39. The smallest absolute Gasteiger partial charge is 0.267 e. The van der Waals surface area contributed by atoms with Crippen LogP contribution >= 0.6 is 0 Å². The zero-order valence-corrected chi connectivity index (χ0v) is 9.07. The fourth-order valence-electron chi connectivity index (χ4n) is 1.10. The number of nitrogens with one attached hydrogen (secondary N) is 1. The van der Waals surface area contributed by atoms with E-state index >= 15 is 0 Å². The van der Waals surface area contributed by atoms with Gasteiger partial charge in [-0.1, -0.05) is 6.07 Å². The Kier molecular flexibility index (Phi) is 4.23. The van der Waals surface area contributed by atoms with Crippen molar-refractivity contribution in [2.75, 3.05) is 6.61 Å². The van der Waals surface area contributed by atoms with Crippen molar-refractivity contribution in [3.63, 3.8) is 0 Å². The van der Waals surface area contributed by atoms with E-state index < -0.39 is 35.9 Å². The molecule has 0 bridgehead atoms. The van der Waals surface area contributed by atoms with Crippen molar-refractivity contribution in [1.82, 2.24) is 5.48 Å². The van der Waals surface area contributed by atoms with Crippen LogP contribution in [0.15, 0.2) is 12.1 Å². The number of benzene rings is 1. The highest BCUT2D eigenvalue weighted by Crippen LogP contribution is 2.17. The number of amides is 1. The van der Waals surface area contributed by atoms with E-state index in [4.69, 9.17) is 0 Å². The first-order chi connectivity index (χ1) is 8.22. The SMILES string of the molecule is Cc1ccc(F)c(C(=O)NOCC(F)(F)F)c1F. The van der Waals surface area contributed by atoms with Crippen LogP contribution < -0.4 is 5.48 Å². The summed E-state index contributed by atoms with van der Waals surface area (Å²) in [6.07, 6.45) is -4.66. The van der Waals surface area contributed by atoms with Crippen molar-refractivity contribution in [1.29, 1.82) is 0 Å². The maximum absolute atomic E-state index is 13.4. The highest BCUT2D eigenvalue weighted by Gasteiger charge is 2.29. The molecule has 0 spiro atoms. The van der Waals surface area contributed by atoms with Crippen molar-refractivity contribution >= 4 is 5.91 Å². The van der Waals surface area contributed by atoms with Gasteiger partial charge >= 0.3 is 6.18 Å². The van der Waals surface area contributed by atoms with Gasteiger partial charge in [0.2, 0.25) is 0 Å². The Morgan fingerprint density at radius 3 is 2.50 bits per heavy atom. The third-order valence-corrected chi connectivity index (χ3v) is 1.91. The highest BCUT2D eigenvalue weighted by atomic mass is 19.4. The average molecular weight is 269 g/mol. The molecule has 3 nitrogen and oxygen atoms in total. The Morgan fingerprint density at radius 1 is 1.33 bits per heavy atom. The molecule has 0 saturated heterocycles. The predicted molar refractivity (Wildman–Crippen MR) is 50.6 cm³/mol. The minimum atomic E-state index is -4.66. The van der Waals surface area contributed by atoms with Gasteiger partial charge in [0.1, 0.15) is 17.2 Å². The lowest BCUT2D eigenvalue weighted by Gasteiger charge is -2.10. The van der Waals surface area contributed by atoms with Crippen LogP contribution in [-0.2, 0) is 4.84 Å². The zero-order valence-electron chi connectivity index (χ0n) is 9.07. The average Bonchev–Trinajstić information content (AvgIpc) is 2.22. The number of aryl methyl sites for hydroxylation is 1. The van der Waals surface area contributed by atoms with E-state index in [1.165, 1.54) is 12.4 Å². The number of halogens is 5. The van der Waals surface area contributed by atoms with Gasteiger partial charge in [0.25, 0.3) is 5.91 Å². The maximum atomic E-state index is 13.4. The van der Waals surface area contributed by atoms with Crippen LogP contribution in [0, 0.1) is 18.6 Å². The van der Waals surface area contributed by atoms with Gasteiger partial charge in [-0.2, -0.15) is 13.2 Å². The summed E-state index contributed by atoms with van der Waals surface area (Å²) in [7, 11) is 0. The molecule has 1 N–H and O–H groups in total. The summed E-state index contributed by atoms with van der Waals surface area (Å²) in [5.74, 6) is -3.76. The molecular formula is C10H8F5NO2. The molecular weight excluding hydrogens is 261 g/mol. The van der Waals surface area contributed by atoms with Gasteiger partial charge in [-0.05, 0) is 18.6 Å². The van der Waals surface area contributed by atoms with E-state index in [-0.39, 0.29) is 5.56 Å². The van der Waals surface area contributed by atoms with E-state index in [0.29, 0.717) is 0 Å². The summed E-state index contributed by atoms with van der Waals surface area (Å²) in [5, 5.41) is 0. The second kappa shape index (κ2) is 5.30. The van der Waals surface area contributed by atoms with Gasteiger partial charge in [0.05, 0.1) is 0 Å². The number of carbonyl (C=O) groups excluding carboxylic acids is 1. The minimum absolute atomic E-state index is 0.0163. The van der Waals surface area contributed by atoms with Crippen molar-refractivity contribution < 1.29 is 31.6 Å². The summed E-state index contributed by atoms with van der Waals surface area (Å²) >= 11 is 0. The normalized spacial score (nSPS) is 11.4. The lowest BCUT2D eigenvalue weighted by atomic mass is 10.1. The fourth-order valence-corrected chi connectivity index (χ4v) is 1.10. The number of hydroxylamine groups is 1. The standard InChI is InChI=1S/C10H8F5NO2/c1-5-2-3-6(11)7(8(5)12)9(17)16-18-4-10(13,14)15/h2-3H,4H2,1H3,(H,16,17). The minimum Gasteiger partial charge on any atom is -0.267 e. The van der Waals surface area contributed by atoms with E-state index in [1.807, 2.05) is 0 Å². The molecule has 1 rings (SSSR count). The molecule has 0 heterocycles. The van der Waals surface area contributed by atoms with Crippen LogP contribution in [0.2, 0.25) is 0 Å². The van der Waals surface area contributed by atoms with Gasteiger partial charge < -0.3 is 0 Å². The van der Waals surface area contributed by atoms with Gasteiger partial charge in [-0.3, -0.25) is 9.63 Å². The first-order valence-corrected chi connectivity index (χ1v) is 4.66. The van der Waals surface area contributed by atoms with Crippen LogP contribution in [0.3, 0.4) is 0 Å². The van der Waals surface area contributed by atoms with Gasteiger partial charge in [0, 0.05) is 0 Å². The lowest BCUT2D eigenvalue weighted by Crippen LogP contribution is -2.30. The highest BCUT2D eigenvalue weighted by molar-refractivity contribution is 5.94. The van der Waals surface area contributed by atoms with Gasteiger partial charge in [-0.25, -0.2) is 14.3 Å². The van der Waals surface area contributed by atoms with Gasteiger partial charge in [0.15, 0.2) is 6.61 Å². The molecule has 0 aromatic heterocycles. The molecule has 1 aromatic carbocycles. The number of hydrogen-bond acceptors (Lipinski definition) is 2. The molecule has 0 aliphatic carbocycles. The summed E-state index contributed by atoms with van der Waals surface area (Å²) < 4.78 is 61.7. The first kappa shape index (κ1) is 14.4. The molecule has 1 amide bonds. The van der Waals surface area contributed by atoms with Crippen molar-refractivity contribution in [2.24, 2.45) is 0 Å².